The Morgan fingerprint density at radius 1 is 0.800 bits per heavy atom. The van der Waals surface area contributed by atoms with E-state index in [9.17, 15) is 5.11 Å². The summed E-state index contributed by atoms with van der Waals surface area (Å²) in [7, 11) is 0. The van der Waals surface area contributed by atoms with Crippen LogP contribution in [0, 0.1) is 0 Å². The number of nitrogens with zero attached hydrogens (tertiary/aromatic N) is 1. The van der Waals surface area contributed by atoms with Gasteiger partial charge in [-0.1, -0.05) is 60.7 Å². The average molecular weight is 332 g/mol. The van der Waals surface area contributed by atoms with Crippen LogP contribution in [0.25, 0.3) is 0 Å². The van der Waals surface area contributed by atoms with Gasteiger partial charge in [-0.15, -0.1) is 0 Å². The normalized spacial score (nSPS) is 13.6. The van der Waals surface area contributed by atoms with Crippen molar-refractivity contribution < 1.29 is 5.11 Å². The van der Waals surface area contributed by atoms with Crippen LogP contribution in [0.2, 0.25) is 0 Å². The maximum atomic E-state index is 10.4. The summed E-state index contributed by atoms with van der Waals surface area (Å²) in [6.07, 6.45) is 2.87. The molecular weight excluding hydrogens is 308 g/mol. The van der Waals surface area contributed by atoms with E-state index in [1.807, 2.05) is 24.3 Å². The number of pyridine rings is 1. The molecule has 1 heterocycles. The van der Waals surface area contributed by atoms with Crippen LogP contribution in [-0.2, 0) is 0 Å². The molecule has 0 aliphatic carbocycles. The lowest BCUT2D eigenvalue weighted by Crippen LogP contribution is -2.35. The van der Waals surface area contributed by atoms with E-state index in [4.69, 9.17) is 0 Å². The number of rotatable bonds is 7. The van der Waals surface area contributed by atoms with Crippen molar-refractivity contribution in [1.82, 2.24) is 10.3 Å². The van der Waals surface area contributed by atoms with Crippen molar-refractivity contribution in [2.45, 2.75) is 25.0 Å². The Hall–Kier alpha value is -2.49. The predicted molar refractivity (Wildman–Crippen MR) is 101 cm³/mol. The first-order valence-corrected chi connectivity index (χ1v) is 8.67. The van der Waals surface area contributed by atoms with Gasteiger partial charge in [0.25, 0.3) is 0 Å². The third kappa shape index (κ3) is 4.53. The van der Waals surface area contributed by atoms with Crippen molar-refractivity contribution in [3.05, 3.63) is 102 Å². The summed E-state index contributed by atoms with van der Waals surface area (Å²) >= 11 is 0. The molecule has 2 N–H and O–H groups in total. The van der Waals surface area contributed by atoms with Gasteiger partial charge in [-0.3, -0.25) is 4.98 Å². The molecule has 0 radical (unpaired) electrons. The second-order valence-corrected chi connectivity index (χ2v) is 6.29. The van der Waals surface area contributed by atoms with Gasteiger partial charge in [0.1, 0.15) is 0 Å². The Morgan fingerprint density at radius 3 is 1.84 bits per heavy atom. The minimum Gasteiger partial charge on any atom is -0.387 e. The van der Waals surface area contributed by atoms with Crippen molar-refractivity contribution in [2.24, 2.45) is 0 Å². The van der Waals surface area contributed by atoms with Crippen molar-refractivity contribution >= 4 is 0 Å². The third-order valence-corrected chi connectivity index (χ3v) is 4.54. The summed E-state index contributed by atoms with van der Waals surface area (Å²) in [5.74, 6) is 0.229. The summed E-state index contributed by atoms with van der Waals surface area (Å²) in [5, 5.41) is 13.9. The molecule has 3 rings (SSSR count). The zero-order chi connectivity index (χ0) is 17.5. The second-order valence-electron chi connectivity index (χ2n) is 6.29. The standard InChI is InChI=1S/C22H24N2O/c1-17(24-16-21(25)18-12-14-23-15-13-18)22(19-8-4-2-5-9-19)20-10-6-3-7-11-20/h2-15,17,21-22,24-25H,16H2,1H3. The quantitative estimate of drug-likeness (QED) is 0.689. The van der Waals surface area contributed by atoms with Crippen LogP contribution in [0.15, 0.2) is 85.2 Å². The van der Waals surface area contributed by atoms with Gasteiger partial charge in [-0.2, -0.15) is 0 Å². The smallest absolute Gasteiger partial charge is 0.0915 e. The predicted octanol–water partition coefficient (Wildman–Crippen LogP) is 3.93. The highest BCUT2D eigenvalue weighted by molar-refractivity contribution is 5.34. The number of aromatic nitrogens is 1. The lowest BCUT2D eigenvalue weighted by molar-refractivity contribution is 0.169. The van der Waals surface area contributed by atoms with Gasteiger partial charge in [0.15, 0.2) is 0 Å². The molecule has 3 nitrogen and oxygen atoms in total. The van der Waals surface area contributed by atoms with E-state index in [0.717, 1.165) is 5.56 Å². The van der Waals surface area contributed by atoms with Gasteiger partial charge < -0.3 is 10.4 Å². The molecule has 0 saturated carbocycles. The van der Waals surface area contributed by atoms with Crippen LogP contribution >= 0.6 is 0 Å². The average Bonchev–Trinajstić information content (AvgIpc) is 2.69. The lowest BCUT2D eigenvalue weighted by atomic mass is 9.85. The molecule has 1 aromatic heterocycles. The second kappa shape index (κ2) is 8.56. The molecule has 0 amide bonds. The van der Waals surface area contributed by atoms with Crippen LogP contribution in [0.1, 0.15) is 35.6 Å². The molecule has 2 aromatic carbocycles. The number of hydrogen-bond acceptors (Lipinski definition) is 3. The highest BCUT2D eigenvalue weighted by atomic mass is 16.3. The van der Waals surface area contributed by atoms with Crippen LogP contribution in [0.4, 0.5) is 0 Å². The number of aliphatic hydroxyl groups is 1. The van der Waals surface area contributed by atoms with Gasteiger partial charge in [-0.25, -0.2) is 0 Å². The molecule has 0 saturated heterocycles. The highest BCUT2D eigenvalue weighted by Gasteiger charge is 2.21. The van der Waals surface area contributed by atoms with Gasteiger partial charge in [0.2, 0.25) is 0 Å². The van der Waals surface area contributed by atoms with Gasteiger partial charge in [0.05, 0.1) is 6.10 Å². The summed E-state index contributed by atoms with van der Waals surface area (Å²) in [6, 6.07) is 24.9. The van der Waals surface area contributed by atoms with E-state index in [1.54, 1.807) is 12.4 Å². The van der Waals surface area contributed by atoms with Crippen LogP contribution < -0.4 is 5.32 Å². The summed E-state index contributed by atoms with van der Waals surface area (Å²) < 4.78 is 0. The van der Waals surface area contributed by atoms with E-state index in [1.165, 1.54) is 11.1 Å². The molecule has 2 atom stereocenters. The Morgan fingerprint density at radius 2 is 1.32 bits per heavy atom. The first kappa shape index (κ1) is 17.3. The molecular formula is C22H24N2O. The maximum Gasteiger partial charge on any atom is 0.0915 e. The lowest BCUT2D eigenvalue weighted by Gasteiger charge is -2.27. The monoisotopic (exact) mass is 332 g/mol. The van der Waals surface area contributed by atoms with E-state index >= 15 is 0 Å². The third-order valence-electron chi connectivity index (χ3n) is 4.54. The summed E-state index contributed by atoms with van der Waals surface area (Å²) in [6.45, 7) is 2.67. The zero-order valence-corrected chi connectivity index (χ0v) is 14.4. The van der Waals surface area contributed by atoms with Crippen molar-refractivity contribution in [3.8, 4) is 0 Å². The van der Waals surface area contributed by atoms with E-state index in [0.29, 0.717) is 6.54 Å². The molecule has 0 bridgehead atoms. The molecule has 0 aliphatic rings. The fourth-order valence-corrected chi connectivity index (χ4v) is 3.21. The fraction of sp³-hybridized carbons (Fsp3) is 0.227. The minimum atomic E-state index is -0.544. The van der Waals surface area contributed by atoms with Gasteiger partial charge >= 0.3 is 0 Å². The SMILES string of the molecule is CC(NCC(O)c1ccncc1)C(c1ccccc1)c1ccccc1. The highest BCUT2D eigenvalue weighted by Crippen LogP contribution is 2.28. The van der Waals surface area contributed by atoms with Crippen molar-refractivity contribution in [3.63, 3.8) is 0 Å². The Kier molecular flexibility index (Phi) is 5.94. The number of aliphatic hydroxyl groups excluding tert-OH is 1. The Labute approximate surface area is 149 Å². The first-order chi connectivity index (χ1) is 12.3. The molecule has 0 spiro atoms. The minimum absolute atomic E-state index is 0.182. The van der Waals surface area contributed by atoms with Gasteiger partial charge in [-0.05, 0) is 35.7 Å². The Bertz CT molecular complexity index is 707. The number of benzene rings is 2. The van der Waals surface area contributed by atoms with E-state index in [2.05, 4.69) is 65.8 Å². The van der Waals surface area contributed by atoms with Crippen molar-refractivity contribution in [2.75, 3.05) is 6.54 Å². The molecule has 3 heteroatoms. The van der Waals surface area contributed by atoms with Crippen LogP contribution in [0.3, 0.4) is 0 Å². The molecule has 2 unspecified atom stereocenters. The van der Waals surface area contributed by atoms with E-state index < -0.39 is 6.10 Å². The first-order valence-electron chi connectivity index (χ1n) is 8.67. The van der Waals surface area contributed by atoms with E-state index in [-0.39, 0.29) is 12.0 Å². The maximum absolute atomic E-state index is 10.4. The van der Waals surface area contributed by atoms with Crippen LogP contribution in [0.5, 0.6) is 0 Å². The fourth-order valence-electron chi connectivity index (χ4n) is 3.21. The molecule has 3 aromatic rings. The topological polar surface area (TPSA) is 45.1 Å². The van der Waals surface area contributed by atoms with Crippen molar-refractivity contribution in [1.29, 1.82) is 0 Å². The molecule has 128 valence electrons. The molecule has 25 heavy (non-hydrogen) atoms. The molecule has 0 aliphatic heterocycles. The van der Waals surface area contributed by atoms with Crippen LogP contribution in [-0.4, -0.2) is 22.7 Å². The van der Waals surface area contributed by atoms with Gasteiger partial charge in [0, 0.05) is 30.9 Å². The Balaban J connectivity index is 1.75. The summed E-state index contributed by atoms with van der Waals surface area (Å²) in [4.78, 5) is 4.00. The molecule has 0 fully saturated rings. The number of nitrogens with one attached hydrogen (secondary N) is 1. The largest absolute Gasteiger partial charge is 0.387 e. The summed E-state index contributed by atoms with van der Waals surface area (Å²) in [5.41, 5.74) is 3.42. The zero-order valence-electron chi connectivity index (χ0n) is 14.4. The number of hydrogen-bond donors (Lipinski definition) is 2.